The molecule has 106 valence electrons. The number of halogens is 3. The number of fused-ring (bicyclic) bond motifs is 2. The maximum atomic E-state index is 12.8. The Kier molecular flexibility index (Phi) is 3.00. The largest absolute Gasteiger partial charge is 0.454 e. The summed E-state index contributed by atoms with van der Waals surface area (Å²) in [4.78, 5) is 0. The van der Waals surface area contributed by atoms with E-state index in [1.54, 1.807) is 24.3 Å². The van der Waals surface area contributed by atoms with Gasteiger partial charge < -0.3 is 10.1 Å². The molecule has 21 heavy (non-hydrogen) atoms. The number of benzene rings is 2. The van der Waals surface area contributed by atoms with Crippen molar-refractivity contribution in [2.75, 3.05) is 5.32 Å². The summed E-state index contributed by atoms with van der Waals surface area (Å²) >= 11 is 0. The maximum absolute atomic E-state index is 12.8. The van der Waals surface area contributed by atoms with Crippen molar-refractivity contribution in [1.29, 1.82) is 0 Å². The van der Waals surface area contributed by atoms with E-state index in [4.69, 9.17) is 4.74 Å². The molecule has 2 aromatic carbocycles. The molecule has 2 aromatic rings. The summed E-state index contributed by atoms with van der Waals surface area (Å²) in [6.45, 7) is 3.57. The Labute approximate surface area is 119 Å². The Balaban J connectivity index is 2.19. The normalized spacial score (nSPS) is 13.2. The third-order valence-electron chi connectivity index (χ3n) is 3.12. The highest BCUT2D eigenvalue weighted by molar-refractivity contribution is 5.83. The van der Waals surface area contributed by atoms with Crippen LogP contribution >= 0.6 is 0 Å². The lowest BCUT2D eigenvalue weighted by Crippen LogP contribution is -2.05. The first-order chi connectivity index (χ1) is 9.99. The van der Waals surface area contributed by atoms with Gasteiger partial charge in [0.15, 0.2) is 5.75 Å². The van der Waals surface area contributed by atoms with Gasteiger partial charge in [-0.1, -0.05) is 18.7 Å². The Hall–Kier alpha value is -2.65. The van der Waals surface area contributed by atoms with Crippen molar-refractivity contribution in [3.63, 3.8) is 0 Å². The van der Waals surface area contributed by atoms with Crippen LogP contribution < -0.4 is 10.1 Å². The van der Waals surface area contributed by atoms with E-state index < -0.39 is 11.7 Å². The van der Waals surface area contributed by atoms with Crippen molar-refractivity contribution in [2.24, 2.45) is 0 Å². The van der Waals surface area contributed by atoms with Crippen LogP contribution in [0, 0.1) is 0 Å². The lowest BCUT2D eigenvalue weighted by Gasteiger charge is -2.12. The van der Waals surface area contributed by atoms with Crippen LogP contribution in [0.25, 0.3) is 5.70 Å². The van der Waals surface area contributed by atoms with Crippen molar-refractivity contribution >= 4 is 11.4 Å². The van der Waals surface area contributed by atoms with Gasteiger partial charge in [0.05, 0.1) is 16.9 Å². The number of ether oxygens (including phenoxy) is 1. The average molecular weight is 289 g/mol. The molecule has 0 unspecified atom stereocenters. The first-order valence-corrected chi connectivity index (χ1v) is 6.14. The van der Waals surface area contributed by atoms with Crippen LogP contribution in [0.3, 0.4) is 0 Å². The molecule has 1 N–H and O–H groups in total. The van der Waals surface area contributed by atoms with E-state index >= 15 is 0 Å². The Bertz CT molecular complexity index is 758. The average Bonchev–Trinajstić information content (AvgIpc) is 2.61. The van der Waals surface area contributed by atoms with Gasteiger partial charge in [0.1, 0.15) is 5.75 Å². The molecule has 1 aliphatic heterocycles. The van der Waals surface area contributed by atoms with Gasteiger partial charge in [0, 0.05) is 5.56 Å². The van der Waals surface area contributed by atoms with Gasteiger partial charge in [-0.3, -0.25) is 0 Å². The summed E-state index contributed by atoms with van der Waals surface area (Å²) in [7, 11) is 0. The van der Waals surface area contributed by atoms with E-state index in [0.717, 1.165) is 12.1 Å². The van der Waals surface area contributed by atoms with Gasteiger partial charge in [0.2, 0.25) is 0 Å². The second-order valence-corrected chi connectivity index (χ2v) is 4.48. The zero-order valence-electron chi connectivity index (χ0n) is 10.8. The first kappa shape index (κ1) is 13.3. The van der Waals surface area contributed by atoms with Gasteiger partial charge >= 0.3 is 6.18 Å². The third-order valence-corrected chi connectivity index (χ3v) is 3.12. The van der Waals surface area contributed by atoms with Gasteiger partial charge in [-0.25, -0.2) is 0 Å². The number of para-hydroxylation sites is 2. The molecule has 0 saturated heterocycles. The summed E-state index contributed by atoms with van der Waals surface area (Å²) in [5.41, 5.74) is 3.54. The minimum absolute atomic E-state index is 0.119. The van der Waals surface area contributed by atoms with Crippen molar-refractivity contribution in [1.82, 2.24) is 0 Å². The highest BCUT2D eigenvalue weighted by atomic mass is 19.4. The van der Waals surface area contributed by atoms with Crippen LogP contribution in [0.4, 0.5) is 18.9 Å². The van der Waals surface area contributed by atoms with Crippen molar-refractivity contribution in [2.45, 2.75) is 6.18 Å². The second-order valence-electron chi connectivity index (χ2n) is 4.48. The molecule has 0 saturated carbocycles. The van der Waals surface area contributed by atoms with Gasteiger partial charge in [0.25, 0.3) is 0 Å². The lowest BCUT2D eigenvalue weighted by atomic mass is 10.1. The summed E-state index contributed by atoms with van der Waals surface area (Å²) < 4.78 is 44.1. The fourth-order valence-electron chi connectivity index (χ4n) is 2.11. The summed E-state index contributed by atoms with van der Waals surface area (Å²) in [5, 5.41) is 3.06. The molecule has 0 atom stereocenters. The van der Waals surface area contributed by atoms with E-state index in [0.29, 0.717) is 22.7 Å². The molecule has 0 radical (unpaired) electrons. The molecular formula is C16H10F3NO. The number of hydrogen-bond donors (Lipinski definition) is 1. The molecule has 0 bridgehead atoms. The van der Waals surface area contributed by atoms with Crippen LogP contribution in [-0.2, 0) is 6.18 Å². The molecule has 0 aliphatic carbocycles. The number of nitrogens with one attached hydrogen (secondary N) is 1. The van der Waals surface area contributed by atoms with Crippen molar-refractivity contribution in [3.05, 3.63) is 65.9 Å². The number of rotatable bonds is 0. The third kappa shape index (κ3) is 2.39. The zero-order chi connectivity index (χ0) is 15.0. The Morgan fingerprint density at radius 1 is 1.05 bits per heavy atom. The van der Waals surface area contributed by atoms with Crippen LogP contribution in [0.2, 0.25) is 0 Å². The Morgan fingerprint density at radius 3 is 2.52 bits per heavy atom. The van der Waals surface area contributed by atoms with Crippen molar-refractivity contribution < 1.29 is 17.9 Å². The maximum Gasteiger partial charge on any atom is 0.416 e. The van der Waals surface area contributed by atoms with E-state index in [1.807, 2.05) is 0 Å². The molecule has 0 fully saturated rings. The molecule has 3 rings (SSSR count). The standard InChI is InChI=1S/C16H10F3NO/c1-2-12-11-8-7-10(16(17,18)19)9-15(11)21-14-6-4-3-5-13(14)20-12/h3-9,20H,1H2. The zero-order valence-corrected chi connectivity index (χ0v) is 10.8. The topological polar surface area (TPSA) is 21.3 Å². The van der Waals surface area contributed by atoms with Crippen LogP contribution in [0.5, 0.6) is 11.5 Å². The highest BCUT2D eigenvalue weighted by Crippen LogP contribution is 2.41. The van der Waals surface area contributed by atoms with E-state index in [9.17, 15) is 13.2 Å². The Morgan fingerprint density at radius 2 is 1.81 bits per heavy atom. The molecule has 5 heteroatoms. The molecule has 0 spiro atoms. The predicted molar refractivity (Wildman–Crippen MR) is 74.1 cm³/mol. The number of alkyl halides is 3. The second kappa shape index (κ2) is 4.72. The summed E-state index contributed by atoms with van der Waals surface area (Å²) in [6.07, 6.45) is -4.42. The smallest absolute Gasteiger partial charge is 0.416 e. The fraction of sp³-hybridized carbons (Fsp3) is 0.0625. The number of anilines is 1. The van der Waals surface area contributed by atoms with Crippen LogP contribution in [-0.4, -0.2) is 0 Å². The molecule has 0 aromatic heterocycles. The molecule has 1 heterocycles. The lowest BCUT2D eigenvalue weighted by molar-refractivity contribution is -0.137. The monoisotopic (exact) mass is 289 g/mol. The number of hydrogen-bond acceptors (Lipinski definition) is 2. The fourth-order valence-corrected chi connectivity index (χ4v) is 2.11. The minimum atomic E-state index is -4.42. The highest BCUT2D eigenvalue weighted by Gasteiger charge is 2.32. The first-order valence-electron chi connectivity index (χ1n) is 6.14. The van der Waals surface area contributed by atoms with Gasteiger partial charge in [-0.2, -0.15) is 13.2 Å². The summed E-state index contributed by atoms with van der Waals surface area (Å²) in [5.74, 6) is 0.566. The van der Waals surface area contributed by atoms with Gasteiger partial charge in [-0.05, 0) is 30.3 Å². The van der Waals surface area contributed by atoms with Crippen LogP contribution in [0.1, 0.15) is 11.1 Å². The SMILES string of the molecule is C=C=C1Nc2ccccc2Oc2cc(C(F)(F)F)ccc21. The molecular weight excluding hydrogens is 279 g/mol. The van der Waals surface area contributed by atoms with Crippen LogP contribution in [0.15, 0.2) is 54.8 Å². The summed E-state index contributed by atoms with van der Waals surface area (Å²) in [6, 6.07) is 10.3. The quantitative estimate of drug-likeness (QED) is 0.685. The molecule has 1 aliphatic rings. The molecule has 2 nitrogen and oxygen atoms in total. The van der Waals surface area contributed by atoms with E-state index in [-0.39, 0.29) is 5.75 Å². The van der Waals surface area contributed by atoms with Crippen molar-refractivity contribution in [3.8, 4) is 11.5 Å². The minimum Gasteiger partial charge on any atom is -0.454 e. The van der Waals surface area contributed by atoms with E-state index in [2.05, 4.69) is 17.6 Å². The van der Waals surface area contributed by atoms with E-state index in [1.165, 1.54) is 6.07 Å². The molecule has 0 amide bonds. The predicted octanol–water partition coefficient (Wildman–Crippen LogP) is 5.05. The van der Waals surface area contributed by atoms with Gasteiger partial charge in [-0.15, -0.1) is 5.73 Å².